The van der Waals surface area contributed by atoms with E-state index in [9.17, 15) is 0 Å². The molecule has 0 aliphatic rings. The summed E-state index contributed by atoms with van der Waals surface area (Å²) in [4.78, 5) is 12.6. The molecule has 5 nitrogen and oxygen atoms in total. The van der Waals surface area contributed by atoms with Crippen molar-refractivity contribution in [1.82, 2.24) is 14.9 Å². The van der Waals surface area contributed by atoms with E-state index >= 15 is 0 Å². The van der Waals surface area contributed by atoms with E-state index in [0.29, 0.717) is 0 Å². The van der Waals surface area contributed by atoms with Crippen molar-refractivity contribution in [1.29, 1.82) is 0 Å². The number of rotatable bonds is 8. The third kappa shape index (κ3) is 3.65. The standard InChI is InChI=1S/C14H22N4OS/c1-3-15-13-11-6-9-20-14(11)17-12(16-13)10-18(4-2)7-5-8-19/h6,9,19H,3-5,7-8,10H2,1-2H3,(H,15,16,17). The Hall–Kier alpha value is -1.24. The lowest BCUT2D eigenvalue weighted by atomic mass is 10.3. The third-order valence-corrected chi connectivity index (χ3v) is 3.97. The average Bonchev–Trinajstić information content (AvgIpc) is 2.92. The fourth-order valence-corrected chi connectivity index (χ4v) is 2.90. The number of aliphatic hydroxyl groups excluding tert-OH is 1. The molecule has 2 aromatic heterocycles. The molecule has 0 aliphatic carbocycles. The molecule has 6 heteroatoms. The van der Waals surface area contributed by atoms with Gasteiger partial charge in [0.05, 0.1) is 11.9 Å². The number of hydrogen-bond donors (Lipinski definition) is 2. The molecule has 0 aromatic carbocycles. The highest BCUT2D eigenvalue weighted by atomic mass is 32.1. The van der Waals surface area contributed by atoms with Gasteiger partial charge in [0.2, 0.25) is 0 Å². The van der Waals surface area contributed by atoms with E-state index in [2.05, 4.69) is 40.1 Å². The minimum absolute atomic E-state index is 0.226. The van der Waals surface area contributed by atoms with E-state index in [0.717, 1.165) is 54.5 Å². The van der Waals surface area contributed by atoms with Gasteiger partial charge in [0, 0.05) is 19.7 Å². The number of anilines is 1. The lowest BCUT2D eigenvalue weighted by Gasteiger charge is -2.19. The fraction of sp³-hybridized carbons (Fsp3) is 0.571. The zero-order chi connectivity index (χ0) is 14.4. The van der Waals surface area contributed by atoms with Crippen molar-refractivity contribution in [3.63, 3.8) is 0 Å². The topological polar surface area (TPSA) is 61.3 Å². The van der Waals surface area contributed by atoms with Crippen molar-refractivity contribution in [2.24, 2.45) is 0 Å². The highest BCUT2D eigenvalue weighted by Gasteiger charge is 2.11. The van der Waals surface area contributed by atoms with Crippen LogP contribution in [0.5, 0.6) is 0 Å². The smallest absolute Gasteiger partial charge is 0.146 e. The Balaban J connectivity index is 2.20. The van der Waals surface area contributed by atoms with Crippen LogP contribution in [0.15, 0.2) is 11.4 Å². The predicted octanol–water partition coefficient (Wildman–Crippen LogP) is 2.33. The molecule has 0 amide bonds. The van der Waals surface area contributed by atoms with Crippen LogP contribution in [-0.4, -0.2) is 46.2 Å². The van der Waals surface area contributed by atoms with E-state index in [-0.39, 0.29) is 6.61 Å². The number of nitrogens with one attached hydrogen (secondary N) is 1. The molecule has 2 rings (SSSR count). The summed E-state index contributed by atoms with van der Waals surface area (Å²) in [5.74, 6) is 1.77. The summed E-state index contributed by atoms with van der Waals surface area (Å²) in [6.45, 7) is 7.79. The predicted molar refractivity (Wildman–Crippen MR) is 84.2 cm³/mol. The van der Waals surface area contributed by atoms with Crippen molar-refractivity contribution in [3.05, 3.63) is 17.3 Å². The molecule has 110 valence electrons. The molecule has 0 atom stereocenters. The van der Waals surface area contributed by atoms with Crippen LogP contribution in [0, 0.1) is 0 Å². The third-order valence-electron chi connectivity index (χ3n) is 3.16. The maximum Gasteiger partial charge on any atom is 0.146 e. The van der Waals surface area contributed by atoms with Crippen LogP contribution < -0.4 is 5.32 Å². The summed E-state index contributed by atoms with van der Waals surface area (Å²) < 4.78 is 0. The summed E-state index contributed by atoms with van der Waals surface area (Å²) in [5.41, 5.74) is 0. The highest BCUT2D eigenvalue weighted by Crippen LogP contribution is 2.25. The highest BCUT2D eigenvalue weighted by molar-refractivity contribution is 7.16. The quantitative estimate of drug-likeness (QED) is 0.782. The first-order chi connectivity index (χ1) is 9.78. The molecule has 0 aliphatic heterocycles. The zero-order valence-electron chi connectivity index (χ0n) is 12.1. The van der Waals surface area contributed by atoms with Crippen LogP contribution in [0.25, 0.3) is 10.2 Å². The van der Waals surface area contributed by atoms with E-state index in [1.165, 1.54) is 0 Å². The van der Waals surface area contributed by atoms with Gasteiger partial charge in [-0.25, -0.2) is 9.97 Å². The minimum Gasteiger partial charge on any atom is -0.396 e. The Morgan fingerprint density at radius 2 is 2.20 bits per heavy atom. The van der Waals surface area contributed by atoms with Crippen LogP contribution in [0.3, 0.4) is 0 Å². The van der Waals surface area contributed by atoms with Gasteiger partial charge in [-0.05, 0) is 31.3 Å². The molecule has 0 unspecified atom stereocenters. The van der Waals surface area contributed by atoms with Crippen molar-refractivity contribution >= 4 is 27.4 Å². The number of aliphatic hydroxyl groups is 1. The molecule has 0 radical (unpaired) electrons. The van der Waals surface area contributed by atoms with Crippen LogP contribution in [0.2, 0.25) is 0 Å². The monoisotopic (exact) mass is 294 g/mol. The van der Waals surface area contributed by atoms with Gasteiger partial charge in [0.15, 0.2) is 0 Å². The first-order valence-corrected chi connectivity index (χ1v) is 7.97. The lowest BCUT2D eigenvalue weighted by molar-refractivity contribution is 0.222. The largest absolute Gasteiger partial charge is 0.396 e. The molecule has 0 spiro atoms. The number of nitrogens with zero attached hydrogens (tertiary/aromatic N) is 3. The van der Waals surface area contributed by atoms with Crippen LogP contribution >= 0.6 is 11.3 Å². The molecule has 20 heavy (non-hydrogen) atoms. The van der Waals surface area contributed by atoms with Gasteiger partial charge < -0.3 is 10.4 Å². The number of thiophene rings is 1. The summed E-state index contributed by atoms with van der Waals surface area (Å²) in [6, 6.07) is 2.06. The van der Waals surface area contributed by atoms with Gasteiger partial charge in [-0.3, -0.25) is 4.90 Å². The second-order valence-corrected chi connectivity index (χ2v) is 5.50. The SMILES string of the molecule is CCNc1nc(CN(CC)CCCO)nc2sccc12. The van der Waals surface area contributed by atoms with Gasteiger partial charge in [0.1, 0.15) is 16.5 Å². The average molecular weight is 294 g/mol. The van der Waals surface area contributed by atoms with Crippen molar-refractivity contribution < 1.29 is 5.11 Å². The summed E-state index contributed by atoms with van der Waals surface area (Å²) >= 11 is 1.64. The van der Waals surface area contributed by atoms with Gasteiger partial charge in [-0.1, -0.05) is 6.92 Å². The Bertz CT molecular complexity index is 543. The molecule has 0 fully saturated rings. The van der Waals surface area contributed by atoms with Crippen molar-refractivity contribution in [3.8, 4) is 0 Å². The molecule has 2 heterocycles. The Labute approximate surface area is 123 Å². The lowest BCUT2D eigenvalue weighted by Crippen LogP contribution is -2.26. The maximum atomic E-state index is 8.94. The molecular weight excluding hydrogens is 272 g/mol. The normalized spacial score (nSPS) is 11.4. The van der Waals surface area contributed by atoms with E-state index in [1.807, 2.05) is 5.38 Å². The van der Waals surface area contributed by atoms with E-state index in [1.54, 1.807) is 11.3 Å². The Kier molecular flexibility index (Phi) is 5.70. The maximum absolute atomic E-state index is 8.94. The Morgan fingerprint density at radius 1 is 1.35 bits per heavy atom. The number of aromatic nitrogens is 2. The number of fused-ring (bicyclic) bond motifs is 1. The van der Waals surface area contributed by atoms with Gasteiger partial charge in [0.25, 0.3) is 0 Å². The molecule has 0 saturated heterocycles. The summed E-state index contributed by atoms with van der Waals surface area (Å²) in [6.07, 6.45) is 0.787. The minimum atomic E-state index is 0.226. The molecular formula is C14H22N4OS. The van der Waals surface area contributed by atoms with Crippen LogP contribution in [0.1, 0.15) is 26.1 Å². The fourth-order valence-electron chi connectivity index (χ4n) is 2.12. The van der Waals surface area contributed by atoms with Gasteiger partial charge in [-0.2, -0.15) is 0 Å². The van der Waals surface area contributed by atoms with Crippen molar-refractivity contribution in [2.75, 3.05) is 31.6 Å². The molecule has 0 saturated carbocycles. The first kappa shape index (κ1) is 15.2. The molecule has 2 N–H and O–H groups in total. The molecule has 2 aromatic rings. The first-order valence-electron chi connectivity index (χ1n) is 7.09. The second kappa shape index (κ2) is 7.52. The summed E-state index contributed by atoms with van der Waals surface area (Å²) in [7, 11) is 0. The van der Waals surface area contributed by atoms with Crippen molar-refractivity contribution in [2.45, 2.75) is 26.8 Å². The van der Waals surface area contributed by atoms with Crippen LogP contribution in [-0.2, 0) is 6.54 Å². The zero-order valence-corrected chi connectivity index (χ0v) is 12.9. The van der Waals surface area contributed by atoms with Crippen LogP contribution in [0.4, 0.5) is 5.82 Å². The van der Waals surface area contributed by atoms with E-state index in [4.69, 9.17) is 5.11 Å². The number of hydrogen-bond acceptors (Lipinski definition) is 6. The van der Waals surface area contributed by atoms with E-state index < -0.39 is 0 Å². The second-order valence-electron chi connectivity index (χ2n) is 4.60. The molecule has 0 bridgehead atoms. The van der Waals surface area contributed by atoms with Gasteiger partial charge >= 0.3 is 0 Å². The Morgan fingerprint density at radius 3 is 2.90 bits per heavy atom. The van der Waals surface area contributed by atoms with Gasteiger partial charge in [-0.15, -0.1) is 11.3 Å². The summed E-state index contributed by atoms with van der Waals surface area (Å²) in [5, 5.41) is 15.4.